The fraction of sp³-hybridized carbons (Fsp3) is 0.727. The Morgan fingerprint density at radius 1 is 1.40 bits per heavy atom. The SMILES string of the molecule is CCc1nsc(N2C3C[CH]CC2CC3)n1. The molecule has 4 heteroatoms. The Kier molecular flexibility index (Phi) is 2.39. The van der Waals surface area contributed by atoms with E-state index in [1.807, 2.05) is 0 Å². The lowest BCUT2D eigenvalue weighted by atomic mass is 10.0. The van der Waals surface area contributed by atoms with Crippen LogP contribution in [-0.4, -0.2) is 21.4 Å². The molecule has 2 atom stereocenters. The van der Waals surface area contributed by atoms with Gasteiger partial charge >= 0.3 is 0 Å². The topological polar surface area (TPSA) is 29.0 Å². The van der Waals surface area contributed by atoms with E-state index in [4.69, 9.17) is 0 Å². The molecule has 0 aromatic carbocycles. The molecule has 2 bridgehead atoms. The Labute approximate surface area is 94.7 Å². The van der Waals surface area contributed by atoms with Gasteiger partial charge in [-0.3, -0.25) is 0 Å². The fourth-order valence-electron chi connectivity index (χ4n) is 2.71. The third kappa shape index (κ3) is 1.55. The molecule has 0 spiro atoms. The largest absolute Gasteiger partial charge is 0.341 e. The molecule has 3 nitrogen and oxygen atoms in total. The van der Waals surface area contributed by atoms with Crippen LogP contribution in [0.3, 0.4) is 0 Å². The van der Waals surface area contributed by atoms with Gasteiger partial charge in [-0.2, -0.15) is 4.37 Å². The van der Waals surface area contributed by atoms with Crippen molar-refractivity contribution in [3.05, 3.63) is 12.2 Å². The Morgan fingerprint density at radius 3 is 2.73 bits per heavy atom. The molecule has 2 aliphatic heterocycles. The number of hydrogen-bond acceptors (Lipinski definition) is 4. The van der Waals surface area contributed by atoms with Crippen LogP contribution < -0.4 is 4.90 Å². The Morgan fingerprint density at radius 2 is 2.13 bits per heavy atom. The van der Waals surface area contributed by atoms with Gasteiger partial charge in [0.15, 0.2) is 0 Å². The molecule has 2 saturated heterocycles. The quantitative estimate of drug-likeness (QED) is 0.769. The van der Waals surface area contributed by atoms with E-state index in [1.165, 1.54) is 25.7 Å². The summed E-state index contributed by atoms with van der Waals surface area (Å²) in [4.78, 5) is 7.14. The molecule has 0 saturated carbocycles. The minimum atomic E-state index is 0.710. The molecule has 1 radical (unpaired) electrons. The molecule has 81 valence electrons. The minimum Gasteiger partial charge on any atom is -0.341 e. The van der Waals surface area contributed by atoms with Gasteiger partial charge in [0.05, 0.1) is 0 Å². The number of nitrogens with zero attached hydrogens (tertiary/aromatic N) is 3. The maximum atomic E-state index is 4.61. The van der Waals surface area contributed by atoms with Gasteiger partial charge in [0.2, 0.25) is 5.13 Å². The second kappa shape index (κ2) is 3.74. The zero-order valence-electron chi connectivity index (χ0n) is 9.02. The van der Waals surface area contributed by atoms with E-state index < -0.39 is 0 Å². The summed E-state index contributed by atoms with van der Waals surface area (Å²) in [6.07, 6.45) is 8.53. The second-order valence-electron chi connectivity index (χ2n) is 4.40. The molecule has 1 aromatic rings. The minimum absolute atomic E-state index is 0.710. The van der Waals surface area contributed by atoms with E-state index in [9.17, 15) is 0 Å². The van der Waals surface area contributed by atoms with Crippen LogP contribution in [0.15, 0.2) is 0 Å². The van der Waals surface area contributed by atoms with Crippen LogP contribution in [0.5, 0.6) is 0 Å². The summed E-state index contributed by atoms with van der Waals surface area (Å²) in [7, 11) is 0. The highest BCUT2D eigenvalue weighted by Crippen LogP contribution is 2.39. The van der Waals surface area contributed by atoms with Gasteiger partial charge in [-0.25, -0.2) is 4.98 Å². The summed E-state index contributed by atoms with van der Waals surface area (Å²) in [5.74, 6) is 1.00. The summed E-state index contributed by atoms with van der Waals surface area (Å²) in [6, 6.07) is 1.42. The van der Waals surface area contributed by atoms with Crippen LogP contribution in [0.25, 0.3) is 0 Å². The molecule has 2 aliphatic rings. The van der Waals surface area contributed by atoms with Gasteiger partial charge < -0.3 is 4.90 Å². The van der Waals surface area contributed by atoms with Crippen LogP contribution in [-0.2, 0) is 6.42 Å². The fourth-order valence-corrected chi connectivity index (χ4v) is 3.61. The normalized spacial score (nSPS) is 29.8. The number of hydrogen-bond donors (Lipinski definition) is 0. The molecule has 0 aliphatic carbocycles. The highest BCUT2D eigenvalue weighted by Gasteiger charge is 2.38. The maximum absolute atomic E-state index is 4.61. The first-order chi connectivity index (χ1) is 7.38. The molecular formula is C11H16N3S. The second-order valence-corrected chi connectivity index (χ2v) is 5.13. The van der Waals surface area contributed by atoms with Crippen molar-refractivity contribution in [1.29, 1.82) is 0 Å². The summed E-state index contributed by atoms with van der Waals surface area (Å²) >= 11 is 1.58. The van der Waals surface area contributed by atoms with Crippen molar-refractivity contribution >= 4 is 16.7 Å². The first kappa shape index (κ1) is 9.58. The van der Waals surface area contributed by atoms with Crippen LogP contribution in [0, 0.1) is 6.42 Å². The monoisotopic (exact) mass is 222 g/mol. The molecular weight excluding hydrogens is 206 g/mol. The van der Waals surface area contributed by atoms with Gasteiger partial charge in [0, 0.05) is 30.0 Å². The number of aromatic nitrogens is 2. The molecule has 2 fully saturated rings. The highest BCUT2D eigenvalue weighted by atomic mass is 32.1. The van der Waals surface area contributed by atoms with Gasteiger partial charge in [-0.1, -0.05) is 6.92 Å². The molecule has 0 amide bonds. The number of fused-ring (bicyclic) bond motifs is 2. The first-order valence-electron chi connectivity index (χ1n) is 5.81. The predicted octanol–water partition coefficient (Wildman–Crippen LogP) is 2.44. The Balaban J connectivity index is 1.87. The van der Waals surface area contributed by atoms with Crippen LogP contribution in [0.4, 0.5) is 5.13 Å². The van der Waals surface area contributed by atoms with E-state index in [-0.39, 0.29) is 0 Å². The van der Waals surface area contributed by atoms with Crippen LogP contribution >= 0.6 is 11.5 Å². The standard InChI is InChI=1S/C11H16N3S/c1-2-10-12-11(15-13-10)14-8-4-3-5-9(14)7-6-8/h3,8-9H,2,4-7H2,1H3. The van der Waals surface area contributed by atoms with E-state index in [0.29, 0.717) is 12.1 Å². The van der Waals surface area contributed by atoms with Crippen molar-refractivity contribution in [1.82, 2.24) is 9.36 Å². The molecule has 3 heterocycles. The lowest BCUT2D eigenvalue weighted by Gasteiger charge is -2.33. The van der Waals surface area contributed by atoms with Crippen molar-refractivity contribution < 1.29 is 0 Å². The van der Waals surface area contributed by atoms with E-state index in [2.05, 4.69) is 27.6 Å². The zero-order chi connectivity index (χ0) is 10.3. The number of anilines is 1. The van der Waals surface area contributed by atoms with Gasteiger partial charge in [0.25, 0.3) is 0 Å². The van der Waals surface area contributed by atoms with E-state index in [1.54, 1.807) is 11.5 Å². The smallest absolute Gasteiger partial charge is 0.205 e. The third-order valence-corrected chi connectivity index (χ3v) is 4.26. The highest BCUT2D eigenvalue weighted by molar-refractivity contribution is 7.09. The molecule has 15 heavy (non-hydrogen) atoms. The van der Waals surface area contributed by atoms with Crippen molar-refractivity contribution in [2.75, 3.05) is 4.90 Å². The maximum Gasteiger partial charge on any atom is 0.205 e. The van der Waals surface area contributed by atoms with Crippen molar-refractivity contribution in [3.63, 3.8) is 0 Å². The Bertz CT molecular complexity index is 333. The molecule has 2 unspecified atom stereocenters. The summed E-state index contributed by atoms with van der Waals surface area (Å²) < 4.78 is 4.39. The lowest BCUT2D eigenvalue weighted by Crippen LogP contribution is -2.39. The van der Waals surface area contributed by atoms with Gasteiger partial charge in [0.1, 0.15) is 5.82 Å². The van der Waals surface area contributed by atoms with Crippen molar-refractivity contribution in [2.24, 2.45) is 0 Å². The third-order valence-electron chi connectivity index (χ3n) is 3.49. The molecule has 0 N–H and O–H groups in total. The summed E-state index contributed by atoms with van der Waals surface area (Å²) in [6.45, 7) is 2.12. The number of aryl methyl sites for hydroxylation is 1. The van der Waals surface area contributed by atoms with E-state index >= 15 is 0 Å². The van der Waals surface area contributed by atoms with Crippen molar-refractivity contribution in [3.8, 4) is 0 Å². The average molecular weight is 222 g/mol. The number of rotatable bonds is 2. The predicted molar refractivity (Wildman–Crippen MR) is 62.1 cm³/mol. The van der Waals surface area contributed by atoms with Crippen molar-refractivity contribution in [2.45, 2.75) is 51.1 Å². The summed E-state index contributed by atoms with van der Waals surface area (Å²) in [5, 5.41) is 1.16. The lowest BCUT2D eigenvalue weighted by molar-refractivity contribution is 0.543. The number of piperidine rings is 1. The van der Waals surface area contributed by atoms with Gasteiger partial charge in [-0.05, 0) is 32.1 Å². The average Bonchev–Trinajstić information content (AvgIpc) is 2.81. The van der Waals surface area contributed by atoms with Crippen LogP contribution in [0.2, 0.25) is 0 Å². The Hall–Kier alpha value is -0.640. The first-order valence-corrected chi connectivity index (χ1v) is 6.58. The zero-order valence-corrected chi connectivity index (χ0v) is 9.83. The summed E-state index contributed by atoms with van der Waals surface area (Å²) in [5.41, 5.74) is 0. The van der Waals surface area contributed by atoms with Gasteiger partial charge in [-0.15, -0.1) is 0 Å². The molecule has 1 aromatic heterocycles. The molecule has 3 rings (SSSR count). The van der Waals surface area contributed by atoms with E-state index in [0.717, 1.165) is 17.4 Å². The van der Waals surface area contributed by atoms with Crippen LogP contribution in [0.1, 0.15) is 38.4 Å².